The molecule has 188 valence electrons. The number of aliphatic imine (C=N–C) groups is 1. The van der Waals surface area contributed by atoms with Crippen molar-refractivity contribution in [3.8, 4) is 0 Å². The van der Waals surface area contributed by atoms with Gasteiger partial charge in [-0.05, 0) is 54.8 Å². The summed E-state index contributed by atoms with van der Waals surface area (Å²) in [6.07, 6.45) is 0.544. The van der Waals surface area contributed by atoms with Crippen molar-refractivity contribution in [3.05, 3.63) is 99.8 Å². The molecule has 0 bridgehead atoms. The third-order valence-corrected chi connectivity index (χ3v) is 7.70. The van der Waals surface area contributed by atoms with Crippen LogP contribution in [0.25, 0.3) is 0 Å². The molecular formula is C28H24ClFN4O2S. The second-order valence-corrected chi connectivity index (χ2v) is 10.7. The molecule has 2 atom stereocenters. The lowest BCUT2D eigenvalue weighted by Gasteiger charge is -2.23. The van der Waals surface area contributed by atoms with Gasteiger partial charge in [-0.25, -0.2) is 9.40 Å². The predicted molar refractivity (Wildman–Crippen MR) is 147 cm³/mol. The zero-order chi connectivity index (χ0) is 26.1. The van der Waals surface area contributed by atoms with Crippen LogP contribution < -0.4 is 5.32 Å². The third kappa shape index (κ3) is 5.60. The van der Waals surface area contributed by atoms with E-state index < -0.39 is 11.1 Å². The summed E-state index contributed by atoms with van der Waals surface area (Å²) >= 11 is 7.33. The van der Waals surface area contributed by atoms with E-state index in [-0.39, 0.29) is 24.3 Å². The first-order valence-electron chi connectivity index (χ1n) is 11.8. The Kier molecular flexibility index (Phi) is 7.13. The number of benzene rings is 3. The minimum absolute atomic E-state index is 0.0834. The maximum Gasteiger partial charge on any atom is 0.262 e. The molecule has 3 aromatic carbocycles. The summed E-state index contributed by atoms with van der Waals surface area (Å²) in [5.74, 6) is -1.18. The topological polar surface area (TPSA) is 74.1 Å². The molecule has 0 aliphatic carbocycles. The highest BCUT2D eigenvalue weighted by molar-refractivity contribution is 8.15. The number of nitrogens with one attached hydrogen (secondary N) is 1. The largest absolute Gasteiger partial charge is 0.326 e. The summed E-state index contributed by atoms with van der Waals surface area (Å²) in [5.41, 5.74) is 4.88. The van der Waals surface area contributed by atoms with Gasteiger partial charge in [0, 0.05) is 23.6 Å². The van der Waals surface area contributed by atoms with Crippen molar-refractivity contribution in [1.29, 1.82) is 0 Å². The number of halogens is 2. The Bertz CT molecular complexity index is 1420. The van der Waals surface area contributed by atoms with Crippen molar-refractivity contribution in [3.63, 3.8) is 0 Å². The molecule has 2 amide bonds. The van der Waals surface area contributed by atoms with Crippen LogP contribution in [0.1, 0.15) is 41.1 Å². The van der Waals surface area contributed by atoms with Gasteiger partial charge in [0.2, 0.25) is 5.91 Å². The number of nitrogens with zero attached hydrogens (tertiary/aromatic N) is 3. The van der Waals surface area contributed by atoms with Crippen LogP contribution in [0.4, 0.5) is 10.1 Å². The summed E-state index contributed by atoms with van der Waals surface area (Å²) in [6.45, 7) is 3.68. The fourth-order valence-electron chi connectivity index (χ4n) is 4.21. The van der Waals surface area contributed by atoms with Crippen LogP contribution in [0.5, 0.6) is 0 Å². The second-order valence-electron chi connectivity index (χ2n) is 9.08. The number of hydrogen-bond acceptors (Lipinski definition) is 5. The van der Waals surface area contributed by atoms with Gasteiger partial charge in [-0.1, -0.05) is 71.4 Å². The van der Waals surface area contributed by atoms with Gasteiger partial charge in [0.25, 0.3) is 5.91 Å². The maximum absolute atomic E-state index is 13.8. The average molecular weight is 535 g/mol. The molecule has 3 aromatic rings. The Labute approximate surface area is 223 Å². The summed E-state index contributed by atoms with van der Waals surface area (Å²) < 4.78 is 13.8. The number of amidine groups is 1. The van der Waals surface area contributed by atoms with Gasteiger partial charge in [-0.15, -0.1) is 0 Å². The van der Waals surface area contributed by atoms with E-state index in [2.05, 4.69) is 10.3 Å². The molecule has 0 unspecified atom stereocenters. The van der Waals surface area contributed by atoms with E-state index in [0.29, 0.717) is 27.9 Å². The summed E-state index contributed by atoms with van der Waals surface area (Å²) in [5, 5.41) is 9.69. The fourth-order valence-corrected chi connectivity index (χ4v) is 5.39. The number of thioether (sulfide) groups is 1. The van der Waals surface area contributed by atoms with Crippen molar-refractivity contribution in [1.82, 2.24) is 5.01 Å². The van der Waals surface area contributed by atoms with Crippen LogP contribution in [0.2, 0.25) is 5.02 Å². The number of carbonyl (C=O) groups excluding carboxylic acids is 2. The number of hydrogen-bond donors (Lipinski definition) is 1. The molecule has 9 heteroatoms. The van der Waals surface area contributed by atoms with E-state index in [1.165, 1.54) is 17.8 Å². The van der Waals surface area contributed by atoms with Crippen LogP contribution in [0.15, 0.2) is 76.8 Å². The van der Waals surface area contributed by atoms with Crippen LogP contribution in [0.3, 0.4) is 0 Å². The van der Waals surface area contributed by atoms with Crippen LogP contribution in [-0.2, 0) is 9.59 Å². The standard InChI is InChI=1S/C28H24ClFN4O2S/c1-16-3-6-18(7-4-16)23-14-24(19-8-10-20(29)11-9-19)34(33-23)28-32-27(36)25(37-28)15-26(35)31-21-12-5-17(2)22(30)13-21/h3-13,24-25H,14-15H2,1-2H3,(H,31,35)/t24-,25+/m0/s1. The van der Waals surface area contributed by atoms with Crippen molar-refractivity contribution in [2.45, 2.75) is 38.0 Å². The Balaban J connectivity index is 1.34. The molecule has 0 aromatic heterocycles. The quantitative estimate of drug-likeness (QED) is 0.418. The Morgan fingerprint density at radius 1 is 1.11 bits per heavy atom. The van der Waals surface area contributed by atoms with E-state index in [0.717, 1.165) is 22.4 Å². The fraction of sp³-hybridized carbons (Fsp3) is 0.214. The molecule has 37 heavy (non-hydrogen) atoms. The summed E-state index contributed by atoms with van der Waals surface area (Å²) in [6, 6.07) is 20.0. The zero-order valence-electron chi connectivity index (χ0n) is 20.2. The molecule has 0 radical (unpaired) electrons. The zero-order valence-corrected chi connectivity index (χ0v) is 21.8. The van der Waals surface area contributed by atoms with Crippen LogP contribution in [0, 0.1) is 19.7 Å². The lowest BCUT2D eigenvalue weighted by molar-refractivity contribution is -0.121. The third-order valence-electron chi connectivity index (χ3n) is 6.30. The highest BCUT2D eigenvalue weighted by atomic mass is 35.5. The first kappa shape index (κ1) is 25.2. The number of aryl methyl sites for hydroxylation is 2. The van der Waals surface area contributed by atoms with E-state index in [1.807, 2.05) is 55.5 Å². The lowest BCUT2D eigenvalue weighted by Crippen LogP contribution is -2.25. The molecule has 1 N–H and O–H groups in total. The minimum atomic E-state index is -0.685. The van der Waals surface area contributed by atoms with Crippen LogP contribution >= 0.6 is 23.4 Å². The van der Waals surface area contributed by atoms with Gasteiger partial charge in [-0.2, -0.15) is 10.1 Å². The predicted octanol–water partition coefficient (Wildman–Crippen LogP) is 6.27. The first-order chi connectivity index (χ1) is 17.8. The smallest absolute Gasteiger partial charge is 0.262 e. The Morgan fingerprint density at radius 2 is 1.84 bits per heavy atom. The van der Waals surface area contributed by atoms with E-state index in [4.69, 9.17) is 16.7 Å². The number of rotatable bonds is 5. The molecule has 0 spiro atoms. The highest BCUT2D eigenvalue weighted by Gasteiger charge is 2.39. The number of hydrazone groups is 1. The van der Waals surface area contributed by atoms with Gasteiger partial charge in [0.15, 0.2) is 5.17 Å². The molecule has 2 heterocycles. The van der Waals surface area contributed by atoms with Crippen molar-refractivity contribution < 1.29 is 14.0 Å². The van der Waals surface area contributed by atoms with Gasteiger partial charge >= 0.3 is 0 Å². The van der Waals surface area contributed by atoms with E-state index >= 15 is 0 Å². The van der Waals surface area contributed by atoms with Gasteiger partial charge in [0.1, 0.15) is 11.1 Å². The number of carbonyl (C=O) groups is 2. The second kappa shape index (κ2) is 10.5. The minimum Gasteiger partial charge on any atom is -0.326 e. The number of anilines is 1. The van der Waals surface area contributed by atoms with Crippen LogP contribution in [-0.4, -0.2) is 33.0 Å². The lowest BCUT2D eigenvalue weighted by atomic mass is 9.98. The molecule has 5 rings (SSSR count). The summed E-state index contributed by atoms with van der Waals surface area (Å²) in [4.78, 5) is 29.6. The monoisotopic (exact) mass is 534 g/mol. The van der Waals surface area contributed by atoms with Gasteiger partial charge < -0.3 is 5.32 Å². The van der Waals surface area contributed by atoms with Crippen molar-refractivity contribution >= 4 is 51.7 Å². The molecule has 2 aliphatic heterocycles. The van der Waals surface area contributed by atoms with Crippen molar-refractivity contribution in [2.75, 3.05) is 5.32 Å². The van der Waals surface area contributed by atoms with Gasteiger partial charge in [-0.3, -0.25) is 9.59 Å². The average Bonchev–Trinajstić information content (AvgIpc) is 3.46. The molecule has 0 saturated heterocycles. The summed E-state index contributed by atoms with van der Waals surface area (Å²) in [7, 11) is 0. The molecule has 6 nitrogen and oxygen atoms in total. The molecule has 0 fully saturated rings. The highest BCUT2D eigenvalue weighted by Crippen LogP contribution is 2.39. The maximum atomic E-state index is 13.8. The SMILES string of the molecule is Cc1ccc(C2=NN(C3=NC(=O)[C@@H](CC(=O)Nc4ccc(C)c(F)c4)S3)[C@H](c3ccc(Cl)cc3)C2)cc1. The molecule has 2 aliphatic rings. The molecule has 0 saturated carbocycles. The van der Waals surface area contributed by atoms with E-state index in [1.54, 1.807) is 24.1 Å². The Morgan fingerprint density at radius 3 is 2.54 bits per heavy atom. The number of amides is 2. The first-order valence-corrected chi connectivity index (χ1v) is 13.1. The molecular weight excluding hydrogens is 511 g/mol. The van der Waals surface area contributed by atoms with Crippen molar-refractivity contribution in [2.24, 2.45) is 10.1 Å². The Hall–Kier alpha value is -3.49. The van der Waals surface area contributed by atoms with E-state index in [9.17, 15) is 14.0 Å². The normalized spacial score (nSPS) is 19.1. The van der Waals surface area contributed by atoms with Gasteiger partial charge in [0.05, 0.1) is 11.8 Å².